The molecule has 0 amide bonds. The smallest absolute Gasteiger partial charge is 0.0578 e. The zero-order valence-electron chi connectivity index (χ0n) is 19.1. The van der Waals surface area contributed by atoms with E-state index in [1.807, 2.05) is 0 Å². The number of rotatable bonds is 5. The van der Waals surface area contributed by atoms with Crippen LogP contribution in [-0.4, -0.2) is 18.5 Å². The first-order valence-corrected chi connectivity index (χ1v) is 11.6. The molecule has 1 saturated carbocycles. The third-order valence-electron chi connectivity index (χ3n) is 5.59. The van der Waals surface area contributed by atoms with E-state index in [1.54, 1.807) is 17.3 Å². The van der Waals surface area contributed by atoms with E-state index in [1.165, 1.54) is 39.2 Å². The lowest BCUT2D eigenvalue weighted by atomic mass is 9.93. The van der Waals surface area contributed by atoms with Crippen molar-refractivity contribution in [3.63, 3.8) is 0 Å². The molecule has 0 aromatic heterocycles. The molecule has 2 heteroatoms. The predicted molar refractivity (Wildman–Crippen MR) is 129 cm³/mol. The van der Waals surface area contributed by atoms with E-state index < -0.39 is 0 Å². The van der Waals surface area contributed by atoms with E-state index in [-0.39, 0.29) is 5.41 Å². The van der Waals surface area contributed by atoms with Gasteiger partial charge < -0.3 is 4.90 Å². The maximum Gasteiger partial charge on any atom is 0.0578 e. The van der Waals surface area contributed by atoms with Gasteiger partial charge in [0, 0.05) is 24.9 Å². The summed E-state index contributed by atoms with van der Waals surface area (Å²) in [5.74, 6) is 7.31. The molecule has 0 radical (unpaired) electrons. The second kappa shape index (κ2) is 8.88. The summed E-state index contributed by atoms with van der Waals surface area (Å²) in [6.07, 6.45) is 7.91. The summed E-state index contributed by atoms with van der Waals surface area (Å²) in [7, 11) is 2.16. The third kappa shape index (κ3) is 6.06. The van der Waals surface area contributed by atoms with Gasteiger partial charge in [-0.15, -0.1) is 0 Å². The van der Waals surface area contributed by atoms with Gasteiger partial charge in [0.1, 0.15) is 0 Å². The molecule has 1 aliphatic heterocycles. The summed E-state index contributed by atoms with van der Waals surface area (Å²) in [5, 5.41) is 2.32. The van der Waals surface area contributed by atoms with Crippen LogP contribution in [-0.2, 0) is 6.42 Å². The highest BCUT2D eigenvalue weighted by Gasteiger charge is 2.33. The first kappa shape index (κ1) is 21.8. The van der Waals surface area contributed by atoms with Crippen LogP contribution >= 0.6 is 11.8 Å². The number of benzene rings is 1. The second-order valence-corrected chi connectivity index (χ2v) is 10.4. The van der Waals surface area contributed by atoms with Gasteiger partial charge in [-0.2, -0.15) is 0 Å². The lowest BCUT2D eigenvalue weighted by molar-refractivity contribution is 0.482. The molecule has 1 atom stereocenters. The molecule has 1 aromatic rings. The molecular formula is C27H35NS. The van der Waals surface area contributed by atoms with Crippen LogP contribution in [0, 0.1) is 31.1 Å². The second-order valence-electron chi connectivity index (χ2n) is 9.51. The van der Waals surface area contributed by atoms with Gasteiger partial charge in [-0.25, -0.2) is 0 Å². The first-order chi connectivity index (χ1) is 13.7. The zero-order valence-corrected chi connectivity index (χ0v) is 20.0. The molecule has 29 heavy (non-hydrogen) atoms. The van der Waals surface area contributed by atoms with E-state index in [0.717, 1.165) is 19.4 Å². The largest absolute Gasteiger partial charge is 0.381 e. The van der Waals surface area contributed by atoms with Gasteiger partial charge in [-0.05, 0) is 100 Å². The van der Waals surface area contributed by atoms with Crippen LogP contribution < -0.4 is 0 Å². The molecule has 154 valence electrons. The molecule has 1 fully saturated rings. The van der Waals surface area contributed by atoms with Crippen LogP contribution in [0.4, 0.5) is 0 Å². The SMILES string of the molecule is CCN(C)C=C1C[C@@H]1c1cc(C)c(CC2=CSC(C#CC(C)(C)C)=CC2)cc1C. The number of aryl methyl sites for hydroxylation is 2. The first-order valence-electron chi connectivity index (χ1n) is 10.7. The molecule has 1 aromatic carbocycles. The van der Waals surface area contributed by atoms with Crippen molar-refractivity contribution < 1.29 is 0 Å². The van der Waals surface area contributed by atoms with Crippen molar-refractivity contribution in [2.75, 3.05) is 13.6 Å². The van der Waals surface area contributed by atoms with Crippen molar-refractivity contribution in [1.29, 1.82) is 0 Å². The van der Waals surface area contributed by atoms with Crippen LogP contribution in [0.5, 0.6) is 0 Å². The molecule has 0 saturated heterocycles. The van der Waals surface area contributed by atoms with Crippen LogP contribution in [0.1, 0.15) is 68.7 Å². The number of nitrogens with zero attached hydrogens (tertiary/aromatic N) is 1. The minimum Gasteiger partial charge on any atom is -0.381 e. The molecule has 0 N–H and O–H groups in total. The van der Waals surface area contributed by atoms with Gasteiger partial charge >= 0.3 is 0 Å². The summed E-state index contributed by atoms with van der Waals surface area (Å²) in [5.41, 5.74) is 8.97. The van der Waals surface area contributed by atoms with Crippen molar-refractivity contribution in [2.45, 2.75) is 66.7 Å². The van der Waals surface area contributed by atoms with E-state index in [9.17, 15) is 0 Å². The Morgan fingerprint density at radius 2 is 1.97 bits per heavy atom. The average molecular weight is 406 g/mol. The Labute approximate surface area is 182 Å². The Hall–Kier alpha value is -1.85. The molecule has 1 aliphatic carbocycles. The molecule has 0 unspecified atom stereocenters. The average Bonchev–Trinajstić information content (AvgIpc) is 3.41. The fraction of sp³-hybridized carbons (Fsp3) is 0.481. The zero-order chi connectivity index (χ0) is 21.2. The van der Waals surface area contributed by atoms with Gasteiger partial charge in [-0.3, -0.25) is 0 Å². The van der Waals surface area contributed by atoms with Crippen molar-refractivity contribution in [1.82, 2.24) is 4.90 Å². The lowest BCUT2D eigenvalue weighted by Crippen LogP contribution is -2.08. The predicted octanol–water partition coefficient (Wildman–Crippen LogP) is 7.12. The minimum atomic E-state index is 0.0599. The third-order valence-corrected chi connectivity index (χ3v) is 6.57. The lowest BCUT2D eigenvalue weighted by Gasteiger charge is -2.15. The van der Waals surface area contributed by atoms with Crippen LogP contribution in [0.3, 0.4) is 0 Å². The highest BCUT2D eigenvalue weighted by molar-refractivity contribution is 8.06. The molecule has 2 aliphatic rings. The fourth-order valence-electron chi connectivity index (χ4n) is 3.62. The quantitative estimate of drug-likeness (QED) is 0.480. The van der Waals surface area contributed by atoms with Gasteiger partial charge in [0.2, 0.25) is 0 Å². The Kier molecular flexibility index (Phi) is 6.69. The standard InChI is InChI=1S/C27H35NS/c1-8-28(7)17-23-16-26(23)25-14-19(2)22(13-20(25)3)15-21-9-10-24(29-18-21)11-12-27(4,5)6/h10,13-14,17-18,26H,8-9,15-16H2,1-7H3/t26-/m0/s1. The van der Waals surface area contributed by atoms with Gasteiger partial charge in [0.25, 0.3) is 0 Å². The molecular weight excluding hydrogens is 370 g/mol. The van der Waals surface area contributed by atoms with Crippen LogP contribution in [0.15, 0.2) is 45.9 Å². The molecule has 3 rings (SSSR count). The summed E-state index contributed by atoms with van der Waals surface area (Å²) in [4.78, 5) is 3.48. The fourth-order valence-corrected chi connectivity index (χ4v) is 4.39. The van der Waals surface area contributed by atoms with E-state index in [2.05, 4.69) is 95.1 Å². The maximum absolute atomic E-state index is 3.34. The molecule has 1 heterocycles. The van der Waals surface area contributed by atoms with E-state index >= 15 is 0 Å². The Balaban J connectivity index is 1.66. The molecule has 0 spiro atoms. The minimum absolute atomic E-state index is 0.0599. The number of hydrogen-bond donors (Lipinski definition) is 0. The number of allylic oxidation sites excluding steroid dienone is 4. The van der Waals surface area contributed by atoms with E-state index in [4.69, 9.17) is 0 Å². The highest BCUT2D eigenvalue weighted by atomic mass is 32.2. The maximum atomic E-state index is 3.34. The van der Waals surface area contributed by atoms with Crippen molar-refractivity contribution in [2.24, 2.45) is 5.41 Å². The summed E-state index contributed by atoms with van der Waals surface area (Å²) < 4.78 is 0. The monoisotopic (exact) mass is 405 g/mol. The topological polar surface area (TPSA) is 3.24 Å². The van der Waals surface area contributed by atoms with E-state index in [0.29, 0.717) is 5.92 Å². The van der Waals surface area contributed by atoms with Gasteiger partial charge in [0.15, 0.2) is 0 Å². The summed E-state index contributed by atoms with van der Waals surface area (Å²) in [6, 6.07) is 4.86. The van der Waals surface area contributed by atoms with Crippen molar-refractivity contribution >= 4 is 11.8 Å². The van der Waals surface area contributed by atoms with Crippen molar-refractivity contribution in [3.8, 4) is 11.8 Å². The highest BCUT2D eigenvalue weighted by Crippen LogP contribution is 2.48. The van der Waals surface area contributed by atoms with Gasteiger partial charge in [0.05, 0.1) is 4.91 Å². The van der Waals surface area contributed by atoms with Crippen molar-refractivity contribution in [3.05, 3.63) is 68.1 Å². The molecule has 0 bridgehead atoms. The Bertz CT molecular complexity index is 928. The molecule has 1 nitrogen and oxygen atoms in total. The summed E-state index contributed by atoms with van der Waals surface area (Å²) in [6.45, 7) is 14.3. The van der Waals surface area contributed by atoms with Gasteiger partial charge in [-0.1, -0.05) is 47.4 Å². The number of hydrogen-bond acceptors (Lipinski definition) is 2. The Morgan fingerprint density at radius 3 is 2.59 bits per heavy atom. The summed E-state index contributed by atoms with van der Waals surface area (Å²) >= 11 is 1.78. The number of thioether (sulfide) groups is 1. The van der Waals surface area contributed by atoms with Crippen LogP contribution in [0.2, 0.25) is 0 Å². The normalized spacial score (nSPS) is 20.0. The Morgan fingerprint density at radius 1 is 1.21 bits per heavy atom. The van der Waals surface area contributed by atoms with Crippen LogP contribution in [0.25, 0.3) is 0 Å².